The summed E-state index contributed by atoms with van der Waals surface area (Å²) in [4.78, 5) is 60.8. The minimum absolute atomic E-state index is 0.0691. The highest BCUT2D eigenvalue weighted by atomic mass is 35.5. The van der Waals surface area contributed by atoms with Gasteiger partial charge in [-0.25, -0.2) is 25.6 Å². The summed E-state index contributed by atoms with van der Waals surface area (Å²) in [5.41, 5.74) is -0.875. The smallest absolute Gasteiger partial charge is 0.391 e. The van der Waals surface area contributed by atoms with Crippen LogP contribution in [0.3, 0.4) is 0 Å². The molecular formula is C62H54Cl4F8N4O11S2. The number of rotatable bonds is 22. The molecule has 0 N–H and O–H groups in total. The van der Waals surface area contributed by atoms with E-state index < -0.39 is 177 Å². The van der Waals surface area contributed by atoms with Gasteiger partial charge in [-0.05, 0) is 121 Å². The molecule has 2 heterocycles. The van der Waals surface area contributed by atoms with Gasteiger partial charge in [-0.15, -0.1) is 0 Å². The Labute approximate surface area is 537 Å². The molecule has 0 spiro atoms. The number of halogens is 12. The summed E-state index contributed by atoms with van der Waals surface area (Å²) in [5.74, 6) is -8.22. The van der Waals surface area contributed by atoms with Crippen molar-refractivity contribution in [3.8, 4) is 0 Å². The van der Waals surface area contributed by atoms with Crippen molar-refractivity contribution >= 4 is 102 Å². The van der Waals surface area contributed by atoms with Gasteiger partial charge in [0, 0.05) is 20.1 Å². The highest BCUT2D eigenvalue weighted by Gasteiger charge is 2.55. The Morgan fingerprint density at radius 1 is 0.505 bits per heavy atom. The van der Waals surface area contributed by atoms with Crippen LogP contribution in [0, 0.1) is 11.6 Å². The van der Waals surface area contributed by atoms with Crippen molar-refractivity contribution in [1.82, 2.24) is 9.80 Å². The molecule has 2 aliphatic heterocycles. The second-order valence-electron chi connectivity index (χ2n) is 22.3. The first kappa shape index (κ1) is 67.3. The molecule has 2 aliphatic carbocycles. The molecule has 91 heavy (non-hydrogen) atoms. The summed E-state index contributed by atoms with van der Waals surface area (Å²) in [5, 5.41) is -1.81. The lowest BCUT2D eigenvalue weighted by Crippen LogP contribution is -2.59. The van der Waals surface area contributed by atoms with Crippen molar-refractivity contribution in [2.75, 3.05) is 21.7 Å². The van der Waals surface area contributed by atoms with Crippen molar-refractivity contribution in [2.24, 2.45) is 0 Å². The molecule has 8 atom stereocenters. The maximum absolute atomic E-state index is 15.8. The summed E-state index contributed by atoms with van der Waals surface area (Å²) in [6.07, 6.45) is -24.0. The molecule has 15 nitrogen and oxygen atoms in total. The monoisotopic (exact) mass is 1390 g/mol. The topological polar surface area (TPSA) is 177 Å². The van der Waals surface area contributed by atoms with Gasteiger partial charge in [0.1, 0.15) is 36.1 Å². The van der Waals surface area contributed by atoms with Crippen LogP contribution in [0.4, 0.5) is 46.5 Å². The molecule has 29 heteroatoms. The van der Waals surface area contributed by atoms with Crippen LogP contribution in [0.25, 0.3) is 0 Å². The van der Waals surface area contributed by atoms with Gasteiger partial charge in [0.05, 0.1) is 84.8 Å². The Bertz CT molecular complexity index is 3680. The molecule has 2 saturated heterocycles. The lowest BCUT2D eigenvalue weighted by Gasteiger charge is -2.49. The van der Waals surface area contributed by atoms with Crippen molar-refractivity contribution in [3.05, 3.63) is 200 Å². The van der Waals surface area contributed by atoms with Crippen LogP contribution in [0.2, 0.25) is 20.1 Å². The standard InChI is InChI=1S/C62H54Cl4F8N4O11S2/c63-39-19-15-35(16-20-39)55-57(37-7-5-9-41(65)27-37)87-51(59(81)77(55)43(31-61(69,70)71)33-75(90(83,84)45-23-24-45)49-13-3-1-11-47(49)67)29-53(79)89-54(80)30-52-60(82)78(56(36-17-21-40(64)22-18-36)58(88-52)38-8-6-10-42(66)28-38)44(32-62(72,73)74)34-76(91(85,86)46-25-26-46)50-14-4-2-12-48(50)68/h1-22,27-28,43-46,51-52,55-58H,23-26,29-34H2/t43-,44-,51-,52+,55-,56-,57-,58-/m1/s1. The lowest BCUT2D eigenvalue weighted by atomic mass is 9.89. The van der Waals surface area contributed by atoms with Gasteiger partial charge in [0.2, 0.25) is 20.0 Å². The molecule has 484 valence electrons. The third-order valence-corrected chi connectivity index (χ3v) is 21.3. The van der Waals surface area contributed by atoms with Crippen LogP contribution in [0.5, 0.6) is 0 Å². The quantitative estimate of drug-likeness (QED) is 0.0359. The molecule has 4 fully saturated rings. The average Bonchev–Trinajstić information content (AvgIpc) is 1.63. The van der Waals surface area contributed by atoms with E-state index in [1.165, 1.54) is 121 Å². The number of sulfonamides is 2. The molecule has 0 radical (unpaired) electrons. The minimum Gasteiger partial charge on any atom is -0.393 e. The largest absolute Gasteiger partial charge is 0.393 e. The second kappa shape index (κ2) is 27.2. The lowest BCUT2D eigenvalue weighted by molar-refractivity contribution is -0.196. The number of carbonyl (C=O) groups is 4. The summed E-state index contributed by atoms with van der Waals surface area (Å²) < 4.78 is 199. The van der Waals surface area contributed by atoms with Gasteiger partial charge in [-0.2, -0.15) is 26.3 Å². The van der Waals surface area contributed by atoms with Crippen molar-refractivity contribution in [1.29, 1.82) is 0 Å². The molecule has 10 rings (SSSR count). The summed E-state index contributed by atoms with van der Waals surface area (Å²) in [6, 6.07) is 23.4. The summed E-state index contributed by atoms with van der Waals surface area (Å²) in [7, 11) is -9.28. The predicted molar refractivity (Wildman–Crippen MR) is 321 cm³/mol. The van der Waals surface area contributed by atoms with Gasteiger partial charge in [0.25, 0.3) is 11.8 Å². The number of morpholine rings is 2. The minimum atomic E-state index is -5.18. The van der Waals surface area contributed by atoms with Crippen LogP contribution in [0.1, 0.15) is 97.9 Å². The molecule has 2 saturated carbocycles. The van der Waals surface area contributed by atoms with E-state index in [-0.39, 0.29) is 68.0 Å². The van der Waals surface area contributed by atoms with E-state index in [2.05, 4.69) is 0 Å². The fourth-order valence-electron chi connectivity index (χ4n) is 11.5. The van der Waals surface area contributed by atoms with Gasteiger partial charge in [-0.1, -0.05) is 119 Å². The number of amides is 2. The second-order valence-corrected chi connectivity index (χ2v) is 28.4. The Morgan fingerprint density at radius 3 is 1.18 bits per heavy atom. The number of anilines is 2. The number of para-hydroxylation sites is 2. The Morgan fingerprint density at radius 2 is 0.857 bits per heavy atom. The summed E-state index contributed by atoms with van der Waals surface area (Å²) >= 11 is 25.5. The Hall–Kier alpha value is -6.58. The van der Waals surface area contributed by atoms with Crippen LogP contribution < -0.4 is 8.61 Å². The number of nitrogens with zero attached hydrogens (tertiary/aromatic N) is 4. The first-order chi connectivity index (χ1) is 43.0. The van der Waals surface area contributed by atoms with E-state index >= 15 is 44.7 Å². The zero-order chi connectivity index (χ0) is 65.5. The Kier molecular flexibility index (Phi) is 20.1. The molecular weight excluding hydrogens is 1330 g/mol. The van der Waals surface area contributed by atoms with E-state index in [0.29, 0.717) is 18.4 Å². The molecule has 2 amide bonds. The van der Waals surface area contributed by atoms with Gasteiger partial charge in [-0.3, -0.25) is 27.8 Å². The number of esters is 2. The third kappa shape index (κ3) is 15.7. The first-order valence-electron chi connectivity index (χ1n) is 28.3. The number of hydrogen-bond donors (Lipinski definition) is 0. The normalized spacial score (nSPS) is 21.5. The zero-order valence-electron chi connectivity index (χ0n) is 47.3. The number of alkyl halides is 6. The van der Waals surface area contributed by atoms with Gasteiger partial charge in [0.15, 0.2) is 0 Å². The Balaban J connectivity index is 1.02. The highest BCUT2D eigenvalue weighted by molar-refractivity contribution is 7.94. The van der Waals surface area contributed by atoms with Crippen LogP contribution in [-0.4, -0.2) is 111 Å². The third-order valence-electron chi connectivity index (χ3n) is 15.8. The molecule has 6 aromatic rings. The molecule has 6 aromatic carbocycles. The van der Waals surface area contributed by atoms with Crippen molar-refractivity contribution < 1.29 is 85.3 Å². The van der Waals surface area contributed by atoms with E-state index in [1.807, 2.05) is 0 Å². The number of hydrogen-bond acceptors (Lipinski definition) is 11. The fourth-order valence-corrected chi connectivity index (χ4v) is 15.9. The molecule has 0 aromatic heterocycles. The number of ether oxygens (including phenoxy) is 3. The van der Waals surface area contributed by atoms with E-state index in [1.54, 1.807) is 0 Å². The number of carbonyl (C=O) groups excluding carboxylic acids is 4. The molecule has 0 bridgehead atoms. The maximum atomic E-state index is 15.8. The van der Waals surface area contributed by atoms with E-state index in [9.17, 15) is 26.4 Å². The average molecular weight is 1390 g/mol. The van der Waals surface area contributed by atoms with Crippen LogP contribution >= 0.6 is 46.4 Å². The van der Waals surface area contributed by atoms with Crippen molar-refractivity contribution in [3.63, 3.8) is 0 Å². The predicted octanol–water partition coefficient (Wildman–Crippen LogP) is 13.8. The van der Waals surface area contributed by atoms with E-state index in [0.717, 1.165) is 24.3 Å². The van der Waals surface area contributed by atoms with Crippen molar-refractivity contribution in [2.45, 2.75) is 123 Å². The van der Waals surface area contributed by atoms with Gasteiger partial charge >= 0.3 is 24.3 Å². The zero-order valence-corrected chi connectivity index (χ0v) is 52.0. The highest BCUT2D eigenvalue weighted by Crippen LogP contribution is 2.49. The summed E-state index contributed by atoms with van der Waals surface area (Å²) in [6.45, 7) is -2.40. The SMILES string of the molecule is O=C(C[C@@H]1O[C@H](c2cccc(Cl)c2)[C@@H](c2ccc(Cl)cc2)N([C@@H](CN(c2ccccc2F)S(=O)(=O)C2CC2)CC(F)(F)F)C1=O)OC(=O)C[C@H]1O[C@H](c2cccc(Cl)c2)[C@@H](c2ccc(Cl)cc2)N([C@@H](CN(c2ccccc2F)S(=O)(=O)C2CC2)CC(F)(F)F)C1=O. The fraction of sp³-hybridized carbons (Fsp3) is 0.355. The van der Waals surface area contributed by atoms with Crippen LogP contribution in [0.15, 0.2) is 146 Å². The van der Waals surface area contributed by atoms with Gasteiger partial charge < -0.3 is 24.0 Å². The first-order valence-corrected chi connectivity index (χ1v) is 32.9. The maximum Gasteiger partial charge on any atom is 0.391 e. The molecule has 4 aliphatic rings. The van der Waals surface area contributed by atoms with E-state index in [4.69, 9.17) is 60.6 Å². The van der Waals surface area contributed by atoms with Crippen LogP contribution in [-0.2, 0) is 53.4 Å². The number of benzene rings is 6. The molecule has 0 unspecified atom stereocenters.